The molecule has 2 bridgehead atoms. The van der Waals surface area contributed by atoms with E-state index in [1.54, 1.807) is 0 Å². The van der Waals surface area contributed by atoms with Gasteiger partial charge in [-0.1, -0.05) is 43.3 Å². The maximum atomic E-state index is 13.2. The zero-order valence-electron chi connectivity index (χ0n) is 18.5. The quantitative estimate of drug-likeness (QED) is 0.398. The first-order valence-corrected chi connectivity index (χ1v) is 11.6. The van der Waals surface area contributed by atoms with Crippen LogP contribution in [0.5, 0.6) is 0 Å². The molecule has 0 spiro atoms. The van der Waals surface area contributed by atoms with Gasteiger partial charge in [-0.15, -0.1) is 0 Å². The molecule has 1 saturated heterocycles. The van der Waals surface area contributed by atoms with E-state index >= 15 is 0 Å². The number of aliphatic hydroxyl groups excluding tert-OH is 1. The van der Waals surface area contributed by atoms with E-state index in [2.05, 4.69) is 64.7 Å². The molecule has 3 aliphatic rings. The minimum atomic E-state index is -0.745. The fourth-order valence-corrected chi connectivity index (χ4v) is 6.92. The third-order valence-electron chi connectivity index (χ3n) is 8.69. The first-order valence-electron chi connectivity index (χ1n) is 11.6. The van der Waals surface area contributed by atoms with E-state index < -0.39 is 11.1 Å². The van der Waals surface area contributed by atoms with E-state index in [1.807, 2.05) is 12.1 Å². The summed E-state index contributed by atoms with van der Waals surface area (Å²) in [5.41, 5.74) is 4.93. The molecule has 3 aliphatic heterocycles. The van der Waals surface area contributed by atoms with Crippen molar-refractivity contribution in [1.29, 1.82) is 0 Å². The summed E-state index contributed by atoms with van der Waals surface area (Å²) in [6.45, 7) is 4.79. The first-order chi connectivity index (χ1) is 16.0. The van der Waals surface area contributed by atoms with Crippen LogP contribution in [0.1, 0.15) is 42.4 Å². The summed E-state index contributed by atoms with van der Waals surface area (Å²) in [7, 11) is 0. The van der Waals surface area contributed by atoms with Crippen molar-refractivity contribution in [3.63, 3.8) is 0 Å². The Hall–Kier alpha value is -3.35. The van der Waals surface area contributed by atoms with Crippen LogP contribution in [0.25, 0.3) is 43.6 Å². The average molecular weight is 437 g/mol. The van der Waals surface area contributed by atoms with Gasteiger partial charge in [0, 0.05) is 39.9 Å². The molecule has 1 fully saturated rings. The Bertz CT molecular complexity index is 1730. The van der Waals surface area contributed by atoms with Crippen LogP contribution in [-0.2, 0) is 17.0 Å². The van der Waals surface area contributed by atoms with Crippen LogP contribution in [0, 0.1) is 5.41 Å². The highest BCUT2D eigenvalue weighted by Gasteiger charge is 2.58. The Morgan fingerprint density at radius 2 is 1.73 bits per heavy atom. The second kappa shape index (κ2) is 5.41. The maximum absolute atomic E-state index is 13.2. The average Bonchev–Trinajstić information content (AvgIpc) is 3.51. The van der Waals surface area contributed by atoms with Crippen molar-refractivity contribution in [2.75, 3.05) is 6.61 Å². The molecule has 5 heterocycles. The maximum Gasteiger partial charge on any atom is 0.252 e. The number of aliphatic hydroxyl groups is 1. The second-order valence-corrected chi connectivity index (χ2v) is 10.2. The molecule has 1 unspecified atom stereocenters. The molecular formula is C27H23N3O3. The summed E-state index contributed by atoms with van der Waals surface area (Å²) < 4.78 is 11.5. The number of nitrogens with zero attached hydrogens (tertiary/aromatic N) is 2. The molecule has 8 rings (SSSR count). The van der Waals surface area contributed by atoms with Gasteiger partial charge in [0.05, 0.1) is 34.2 Å². The van der Waals surface area contributed by atoms with Crippen molar-refractivity contribution >= 4 is 49.5 Å². The summed E-state index contributed by atoms with van der Waals surface area (Å²) in [4.78, 5) is 13.2. The topological polar surface area (TPSA) is 68.4 Å². The lowest BCUT2D eigenvalue weighted by molar-refractivity contribution is -0.149. The predicted molar refractivity (Wildman–Crippen MR) is 127 cm³/mol. The molecule has 33 heavy (non-hydrogen) atoms. The fraction of sp³-hybridized carbons (Fsp3) is 0.296. The van der Waals surface area contributed by atoms with Crippen LogP contribution in [-0.4, -0.2) is 26.8 Å². The molecule has 5 aromatic rings. The number of benzene rings is 3. The normalized spacial score (nSPS) is 27.8. The summed E-state index contributed by atoms with van der Waals surface area (Å²) in [6, 6.07) is 16.7. The minimum Gasteiger partial charge on any atom is -0.396 e. The highest BCUT2D eigenvalue weighted by molar-refractivity contribution is 6.31. The Balaban J connectivity index is 1.78. The summed E-state index contributed by atoms with van der Waals surface area (Å²) in [5.74, 6) is -0.00614. The molecular weight excluding hydrogens is 414 g/mol. The van der Waals surface area contributed by atoms with Crippen molar-refractivity contribution in [2.45, 2.75) is 38.8 Å². The Labute approximate surface area is 189 Å². The first kappa shape index (κ1) is 18.1. The number of fused-ring (bicyclic) bond motifs is 13. The molecule has 0 radical (unpaired) electrons. The lowest BCUT2D eigenvalue weighted by Gasteiger charge is -2.40. The van der Waals surface area contributed by atoms with Crippen molar-refractivity contribution in [3.05, 3.63) is 59.7 Å². The molecule has 2 N–H and O–H groups in total. The number of ether oxygens (including phenoxy) is 1. The number of carbonyl (C=O) groups is 1. The van der Waals surface area contributed by atoms with Gasteiger partial charge < -0.3 is 24.3 Å². The molecule has 2 aromatic heterocycles. The van der Waals surface area contributed by atoms with Crippen LogP contribution < -0.4 is 5.32 Å². The number of amides is 1. The number of hydrogen-bond acceptors (Lipinski definition) is 3. The SMILES string of the molecule is C[C@@]1(CO)CC2O[C@]1(C)n1c3ccccc3c3c4c(c5c6ccccc6n2c5c31)C(=O)NC4. The smallest absolute Gasteiger partial charge is 0.252 e. The lowest BCUT2D eigenvalue weighted by Crippen LogP contribution is -2.45. The third kappa shape index (κ3) is 1.76. The second-order valence-electron chi connectivity index (χ2n) is 10.2. The van der Waals surface area contributed by atoms with E-state index in [0.29, 0.717) is 13.0 Å². The highest BCUT2D eigenvalue weighted by atomic mass is 16.5. The van der Waals surface area contributed by atoms with Gasteiger partial charge in [-0.25, -0.2) is 0 Å². The number of carbonyl (C=O) groups excluding carboxylic acids is 1. The van der Waals surface area contributed by atoms with Gasteiger partial charge in [-0.2, -0.15) is 0 Å². The zero-order chi connectivity index (χ0) is 22.3. The van der Waals surface area contributed by atoms with Gasteiger partial charge in [0.25, 0.3) is 5.91 Å². The number of rotatable bonds is 1. The molecule has 6 nitrogen and oxygen atoms in total. The molecule has 3 aromatic carbocycles. The van der Waals surface area contributed by atoms with Crippen LogP contribution in [0.3, 0.4) is 0 Å². The Morgan fingerprint density at radius 3 is 2.48 bits per heavy atom. The van der Waals surface area contributed by atoms with Crippen LogP contribution >= 0.6 is 0 Å². The van der Waals surface area contributed by atoms with Gasteiger partial charge in [0.2, 0.25) is 0 Å². The number of aromatic nitrogens is 2. The molecule has 164 valence electrons. The number of nitrogens with one attached hydrogen (secondary N) is 1. The third-order valence-corrected chi connectivity index (χ3v) is 8.69. The summed E-state index contributed by atoms with van der Waals surface area (Å²) in [6.07, 6.45) is 0.448. The standard InChI is InChI=1S/C27H23N3O3/c1-26(13-31)11-19-29-17-9-5-3-7-14(17)21-22-16(12-28-25(22)32)20-15-8-4-6-10-18(15)30(24(20)23(21)29)27(26,2)33-19/h3-10,19,31H,11-13H2,1-2H3,(H,28,32)/t19?,26-,27-/m0/s1. The van der Waals surface area contributed by atoms with Crippen LogP contribution in [0.4, 0.5) is 0 Å². The van der Waals surface area contributed by atoms with Crippen LogP contribution in [0.15, 0.2) is 48.5 Å². The van der Waals surface area contributed by atoms with E-state index in [4.69, 9.17) is 4.74 Å². The monoisotopic (exact) mass is 437 g/mol. The van der Waals surface area contributed by atoms with Gasteiger partial charge in [-0.05, 0) is 24.6 Å². The van der Waals surface area contributed by atoms with Gasteiger partial charge >= 0.3 is 0 Å². The van der Waals surface area contributed by atoms with Crippen molar-refractivity contribution in [2.24, 2.45) is 5.41 Å². The van der Waals surface area contributed by atoms with Gasteiger partial charge in [0.15, 0.2) is 5.72 Å². The largest absolute Gasteiger partial charge is 0.396 e. The molecule has 0 aliphatic carbocycles. The molecule has 0 saturated carbocycles. The molecule has 6 heteroatoms. The van der Waals surface area contributed by atoms with Gasteiger partial charge in [0.1, 0.15) is 6.23 Å². The van der Waals surface area contributed by atoms with E-state index in [0.717, 1.165) is 54.7 Å². The Kier molecular flexibility index (Phi) is 2.97. The van der Waals surface area contributed by atoms with E-state index in [1.165, 1.54) is 0 Å². The van der Waals surface area contributed by atoms with Crippen molar-refractivity contribution in [3.8, 4) is 0 Å². The van der Waals surface area contributed by atoms with E-state index in [-0.39, 0.29) is 18.7 Å². The molecule has 3 atom stereocenters. The van der Waals surface area contributed by atoms with Gasteiger partial charge in [-0.3, -0.25) is 4.79 Å². The summed E-state index contributed by atoms with van der Waals surface area (Å²) >= 11 is 0. The Morgan fingerprint density at radius 1 is 1.03 bits per heavy atom. The van der Waals surface area contributed by atoms with Crippen LogP contribution in [0.2, 0.25) is 0 Å². The van der Waals surface area contributed by atoms with E-state index in [9.17, 15) is 9.90 Å². The lowest BCUT2D eigenvalue weighted by atomic mass is 9.78. The highest BCUT2D eigenvalue weighted by Crippen LogP contribution is 2.60. The van der Waals surface area contributed by atoms with Crippen molar-refractivity contribution in [1.82, 2.24) is 14.5 Å². The predicted octanol–water partition coefficient (Wildman–Crippen LogP) is 4.75. The fourth-order valence-electron chi connectivity index (χ4n) is 6.92. The summed E-state index contributed by atoms with van der Waals surface area (Å²) in [5, 5.41) is 18.1. The minimum absolute atomic E-state index is 0.00614. The zero-order valence-corrected chi connectivity index (χ0v) is 18.5. The van der Waals surface area contributed by atoms with Crippen molar-refractivity contribution < 1.29 is 14.6 Å². The number of para-hydroxylation sites is 2. The number of hydrogen-bond donors (Lipinski definition) is 2. The molecule has 1 amide bonds.